The summed E-state index contributed by atoms with van der Waals surface area (Å²) in [6, 6.07) is 10.0. The second-order valence-electron chi connectivity index (χ2n) is 5.45. The van der Waals surface area contributed by atoms with Crippen LogP contribution in [0.3, 0.4) is 0 Å². The fourth-order valence-corrected chi connectivity index (χ4v) is 2.22. The lowest BCUT2D eigenvalue weighted by Crippen LogP contribution is -2.35. The van der Waals surface area contributed by atoms with Gasteiger partial charge in [0.05, 0.1) is 11.7 Å². The molecule has 0 aromatic heterocycles. The van der Waals surface area contributed by atoms with Crippen LogP contribution in [0.5, 0.6) is 0 Å². The maximum Gasteiger partial charge on any atom is 0.319 e. The normalized spacial score (nSPS) is 12.1. The average molecular weight is 322 g/mol. The van der Waals surface area contributed by atoms with Gasteiger partial charge >= 0.3 is 6.03 Å². The molecule has 0 aliphatic carbocycles. The van der Waals surface area contributed by atoms with Gasteiger partial charge in [0.1, 0.15) is 0 Å². The van der Waals surface area contributed by atoms with Crippen LogP contribution in [-0.4, -0.2) is 6.03 Å². The number of anilines is 1. The van der Waals surface area contributed by atoms with E-state index in [9.17, 15) is 18.0 Å². The van der Waals surface area contributed by atoms with E-state index in [1.165, 1.54) is 0 Å². The topological polar surface area (TPSA) is 41.1 Å². The summed E-state index contributed by atoms with van der Waals surface area (Å²) in [5, 5.41) is 4.91. The van der Waals surface area contributed by atoms with Crippen LogP contribution in [0.15, 0.2) is 42.5 Å². The number of urea groups is 1. The summed E-state index contributed by atoms with van der Waals surface area (Å²) in [6.07, 6.45) is 0. The van der Waals surface area contributed by atoms with E-state index in [-0.39, 0.29) is 12.0 Å². The van der Waals surface area contributed by atoms with Crippen LogP contribution in [-0.2, 0) is 0 Å². The summed E-state index contributed by atoms with van der Waals surface area (Å²) in [5.41, 5.74) is 0.473. The van der Waals surface area contributed by atoms with Crippen molar-refractivity contribution in [3.63, 3.8) is 0 Å². The number of nitrogens with one attached hydrogen (secondary N) is 2. The maximum absolute atomic E-state index is 13.6. The molecular weight excluding hydrogens is 305 g/mol. The van der Waals surface area contributed by atoms with Crippen molar-refractivity contribution in [1.29, 1.82) is 0 Å². The highest BCUT2D eigenvalue weighted by atomic mass is 19.2. The Balaban J connectivity index is 2.13. The molecule has 1 unspecified atom stereocenters. The van der Waals surface area contributed by atoms with Gasteiger partial charge in [-0.05, 0) is 23.6 Å². The van der Waals surface area contributed by atoms with Gasteiger partial charge in [0.15, 0.2) is 17.5 Å². The van der Waals surface area contributed by atoms with Gasteiger partial charge in [-0.15, -0.1) is 0 Å². The van der Waals surface area contributed by atoms with Crippen LogP contribution < -0.4 is 10.6 Å². The van der Waals surface area contributed by atoms with Crippen molar-refractivity contribution in [1.82, 2.24) is 5.32 Å². The second-order valence-corrected chi connectivity index (χ2v) is 5.45. The minimum absolute atomic E-state index is 0.0814. The Kier molecular flexibility index (Phi) is 5.26. The number of rotatable bonds is 4. The van der Waals surface area contributed by atoms with Gasteiger partial charge in [-0.3, -0.25) is 0 Å². The smallest absolute Gasteiger partial charge is 0.319 e. The van der Waals surface area contributed by atoms with Crippen LogP contribution in [0.2, 0.25) is 0 Å². The monoisotopic (exact) mass is 322 g/mol. The minimum Gasteiger partial charge on any atom is -0.331 e. The molecule has 0 fully saturated rings. The van der Waals surface area contributed by atoms with Crippen molar-refractivity contribution in [2.45, 2.75) is 19.9 Å². The fraction of sp³-hybridized carbons (Fsp3) is 0.235. The third kappa shape index (κ3) is 4.03. The summed E-state index contributed by atoms with van der Waals surface area (Å²) in [5.74, 6) is -4.28. The SMILES string of the molecule is CC(C)C(NC(=O)Nc1ccc(F)c(F)c1F)c1ccccc1. The highest BCUT2D eigenvalue weighted by Crippen LogP contribution is 2.23. The Bertz CT molecular complexity index is 690. The highest BCUT2D eigenvalue weighted by Gasteiger charge is 2.20. The lowest BCUT2D eigenvalue weighted by Gasteiger charge is -2.23. The first kappa shape index (κ1) is 16.9. The van der Waals surface area contributed by atoms with Crippen LogP contribution in [0, 0.1) is 23.4 Å². The third-order valence-electron chi connectivity index (χ3n) is 3.40. The molecule has 2 aromatic carbocycles. The highest BCUT2D eigenvalue weighted by molar-refractivity contribution is 5.89. The fourth-order valence-electron chi connectivity index (χ4n) is 2.22. The van der Waals surface area contributed by atoms with Crippen molar-refractivity contribution >= 4 is 11.7 Å². The molecule has 23 heavy (non-hydrogen) atoms. The Morgan fingerprint density at radius 1 is 0.957 bits per heavy atom. The molecule has 2 aromatic rings. The van der Waals surface area contributed by atoms with Gasteiger partial charge in [-0.2, -0.15) is 0 Å². The van der Waals surface area contributed by atoms with E-state index in [2.05, 4.69) is 10.6 Å². The molecular formula is C17H17F3N2O. The molecule has 0 radical (unpaired) electrons. The molecule has 0 saturated heterocycles. The van der Waals surface area contributed by atoms with E-state index >= 15 is 0 Å². The molecule has 0 aliphatic heterocycles. The van der Waals surface area contributed by atoms with E-state index < -0.39 is 29.2 Å². The number of hydrogen-bond donors (Lipinski definition) is 2. The van der Waals surface area contributed by atoms with Gasteiger partial charge < -0.3 is 10.6 Å². The van der Waals surface area contributed by atoms with Crippen molar-refractivity contribution in [3.8, 4) is 0 Å². The summed E-state index contributed by atoms with van der Waals surface area (Å²) < 4.78 is 39.7. The molecule has 0 aliphatic rings. The molecule has 3 nitrogen and oxygen atoms in total. The number of amides is 2. The molecule has 0 heterocycles. The zero-order valence-electron chi connectivity index (χ0n) is 12.7. The largest absolute Gasteiger partial charge is 0.331 e. The lowest BCUT2D eigenvalue weighted by atomic mass is 9.96. The van der Waals surface area contributed by atoms with Crippen LogP contribution in [0.25, 0.3) is 0 Å². The van der Waals surface area contributed by atoms with Gasteiger partial charge in [0, 0.05) is 0 Å². The van der Waals surface area contributed by atoms with Crippen molar-refractivity contribution in [3.05, 3.63) is 65.5 Å². The number of halogens is 3. The molecule has 0 saturated carbocycles. The molecule has 1 atom stereocenters. The first-order valence-electron chi connectivity index (χ1n) is 7.16. The van der Waals surface area contributed by atoms with Crippen molar-refractivity contribution in [2.75, 3.05) is 5.32 Å². The van der Waals surface area contributed by atoms with Crippen LogP contribution in [0.4, 0.5) is 23.7 Å². The zero-order valence-corrected chi connectivity index (χ0v) is 12.7. The molecule has 0 bridgehead atoms. The van der Waals surface area contributed by atoms with E-state index in [1.807, 2.05) is 44.2 Å². The summed E-state index contributed by atoms with van der Waals surface area (Å²) in [4.78, 5) is 12.0. The maximum atomic E-state index is 13.6. The Hall–Kier alpha value is -2.50. The zero-order chi connectivity index (χ0) is 17.0. The van der Waals surface area contributed by atoms with Crippen molar-refractivity contribution < 1.29 is 18.0 Å². The van der Waals surface area contributed by atoms with E-state index in [0.717, 1.165) is 17.7 Å². The molecule has 122 valence electrons. The predicted molar refractivity (Wildman–Crippen MR) is 82.5 cm³/mol. The average Bonchev–Trinajstić information content (AvgIpc) is 2.54. The first-order valence-corrected chi connectivity index (χ1v) is 7.16. The number of carbonyl (C=O) groups excluding carboxylic acids is 1. The van der Waals surface area contributed by atoms with E-state index in [4.69, 9.17) is 0 Å². The molecule has 2 amide bonds. The van der Waals surface area contributed by atoms with Crippen LogP contribution >= 0.6 is 0 Å². The number of hydrogen-bond acceptors (Lipinski definition) is 1. The summed E-state index contributed by atoms with van der Waals surface area (Å²) in [6.45, 7) is 3.85. The van der Waals surface area contributed by atoms with E-state index in [0.29, 0.717) is 0 Å². The minimum atomic E-state index is -1.62. The molecule has 2 rings (SSSR count). The quantitative estimate of drug-likeness (QED) is 0.792. The van der Waals surface area contributed by atoms with Gasteiger partial charge in [-0.25, -0.2) is 18.0 Å². The molecule has 0 spiro atoms. The number of benzene rings is 2. The Morgan fingerprint density at radius 3 is 2.22 bits per heavy atom. The van der Waals surface area contributed by atoms with Crippen molar-refractivity contribution in [2.24, 2.45) is 5.92 Å². The molecule has 2 N–H and O–H groups in total. The standard InChI is InChI=1S/C17H17F3N2O/c1-10(2)16(11-6-4-3-5-7-11)22-17(23)21-13-9-8-12(18)14(19)15(13)20/h3-10,16H,1-2H3,(H2,21,22,23). The lowest BCUT2D eigenvalue weighted by molar-refractivity contribution is 0.244. The van der Waals surface area contributed by atoms with E-state index in [1.54, 1.807) is 0 Å². The second kappa shape index (κ2) is 7.17. The first-order chi connectivity index (χ1) is 10.9. The van der Waals surface area contributed by atoms with Gasteiger partial charge in [0.25, 0.3) is 0 Å². The van der Waals surface area contributed by atoms with Crippen LogP contribution in [0.1, 0.15) is 25.5 Å². The van der Waals surface area contributed by atoms with Gasteiger partial charge in [-0.1, -0.05) is 44.2 Å². The molecule has 6 heteroatoms. The Labute approximate surface area is 132 Å². The predicted octanol–water partition coefficient (Wildman–Crippen LogP) is 4.62. The van der Waals surface area contributed by atoms with Gasteiger partial charge in [0.2, 0.25) is 0 Å². The third-order valence-corrected chi connectivity index (χ3v) is 3.40. The summed E-state index contributed by atoms with van der Waals surface area (Å²) in [7, 11) is 0. The summed E-state index contributed by atoms with van der Waals surface area (Å²) >= 11 is 0. The Morgan fingerprint density at radius 2 is 1.61 bits per heavy atom. The number of carbonyl (C=O) groups is 1.